The minimum atomic E-state index is -0.251. The van der Waals surface area contributed by atoms with Gasteiger partial charge >= 0.3 is 6.03 Å². The second kappa shape index (κ2) is 6.03. The summed E-state index contributed by atoms with van der Waals surface area (Å²) in [5, 5.41) is 4.51. The summed E-state index contributed by atoms with van der Waals surface area (Å²) in [4.78, 5) is 17.9. The Hall–Kier alpha value is -0.910. The predicted octanol–water partition coefficient (Wildman–Crippen LogP) is 3.63. The zero-order chi connectivity index (χ0) is 14.0. The fourth-order valence-corrected chi connectivity index (χ4v) is 2.88. The zero-order valence-electron chi connectivity index (χ0n) is 10.5. The van der Waals surface area contributed by atoms with Gasteiger partial charge in [-0.3, -0.25) is 4.99 Å². The van der Waals surface area contributed by atoms with E-state index in [1.54, 1.807) is 37.0 Å². The van der Waals surface area contributed by atoms with Crippen LogP contribution in [0.15, 0.2) is 23.2 Å². The van der Waals surface area contributed by atoms with Gasteiger partial charge in [-0.1, -0.05) is 41.9 Å². The molecule has 0 aromatic heterocycles. The summed E-state index contributed by atoms with van der Waals surface area (Å²) >= 11 is 13.5. The van der Waals surface area contributed by atoms with Crippen LogP contribution in [0.4, 0.5) is 10.5 Å². The first-order valence-corrected chi connectivity index (χ1v) is 7.34. The number of carbonyl (C=O) groups is 1. The van der Waals surface area contributed by atoms with Crippen LogP contribution in [0, 0.1) is 0 Å². The van der Waals surface area contributed by atoms with Crippen LogP contribution in [0.2, 0.25) is 10.0 Å². The minimum absolute atomic E-state index is 0.251. The summed E-state index contributed by atoms with van der Waals surface area (Å²) in [5.74, 6) is 0. The Morgan fingerprint density at radius 2 is 2.21 bits per heavy atom. The van der Waals surface area contributed by atoms with Crippen molar-refractivity contribution in [2.75, 3.05) is 18.5 Å². The Kier molecular flexibility index (Phi) is 4.60. The Morgan fingerprint density at radius 3 is 2.74 bits per heavy atom. The van der Waals surface area contributed by atoms with Gasteiger partial charge in [-0.2, -0.15) is 0 Å². The molecule has 1 heterocycles. The van der Waals surface area contributed by atoms with Crippen LogP contribution in [0.25, 0.3) is 0 Å². The topological polar surface area (TPSA) is 44.7 Å². The van der Waals surface area contributed by atoms with Crippen LogP contribution in [0.3, 0.4) is 0 Å². The smallest absolute Gasteiger partial charge is 0.327 e. The quantitative estimate of drug-likeness (QED) is 0.859. The van der Waals surface area contributed by atoms with Crippen LogP contribution in [0.1, 0.15) is 6.92 Å². The average Bonchev–Trinajstić information content (AvgIpc) is 2.80. The molecule has 19 heavy (non-hydrogen) atoms. The number of amidine groups is 1. The highest BCUT2D eigenvalue weighted by Crippen LogP contribution is 2.31. The number of hydrogen-bond donors (Lipinski definition) is 1. The molecule has 0 unspecified atom stereocenters. The molecule has 0 radical (unpaired) electrons. The number of amides is 2. The van der Waals surface area contributed by atoms with Gasteiger partial charge in [0.05, 0.1) is 22.3 Å². The van der Waals surface area contributed by atoms with E-state index in [0.717, 1.165) is 0 Å². The lowest BCUT2D eigenvalue weighted by Crippen LogP contribution is -2.41. The number of nitrogens with one attached hydrogen (secondary N) is 1. The van der Waals surface area contributed by atoms with E-state index < -0.39 is 0 Å². The van der Waals surface area contributed by atoms with E-state index in [0.29, 0.717) is 32.7 Å². The summed E-state index contributed by atoms with van der Waals surface area (Å²) in [6, 6.07) is 4.82. The van der Waals surface area contributed by atoms with Crippen molar-refractivity contribution in [3.63, 3.8) is 0 Å². The molecule has 0 aliphatic carbocycles. The van der Waals surface area contributed by atoms with Crippen molar-refractivity contribution in [2.45, 2.75) is 12.2 Å². The summed E-state index contributed by atoms with van der Waals surface area (Å²) in [5.41, 5.74) is 0.647. The van der Waals surface area contributed by atoms with E-state index in [1.807, 2.05) is 0 Å². The van der Waals surface area contributed by atoms with Crippen LogP contribution in [-0.4, -0.2) is 30.0 Å². The van der Waals surface area contributed by atoms with Gasteiger partial charge in [-0.25, -0.2) is 9.69 Å². The van der Waals surface area contributed by atoms with Crippen molar-refractivity contribution in [2.24, 2.45) is 4.99 Å². The zero-order valence-corrected chi connectivity index (χ0v) is 12.8. The molecule has 0 saturated heterocycles. The van der Waals surface area contributed by atoms with Gasteiger partial charge in [-0.15, -0.1) is 0 Å². The molecule has 4 nitrogen and oxygen atoms in total. The number of aliphatic imine (C=N–C) groups is 1. The molecule has 0 saturated carbocycles. The molecule has 2 amide bonds. The number of urea groups is 1. The van der Waals surface area contributed by atoms with E-state index in [9.17, 15) is 4.79 Å². The molecular formula is C12H13Cl2N3OS. The van der Waals surface area contributed by atoms with Crippen molar-refractivity contribution in [3.05, 3.63) is 28.2 Å². The number of benzene rings is 1. The first kappa shape index (κ1) is 14.5. The average molecular weight is 318 g/mol. The summed E-state index contributed by atoms with van der Waals surface area (Å²) in [6.07, 6.45) is 0. The van der Waals surface area contributed by atoms with E-state index >= 15 is 0 Å². The molecule has 0 spiro atoms. The van der Waals surface area contributed by atoms with Gasteiger partial charge in [0.15, 0.2) is 5.17 Å². The van der Waals surface area contributed by atoms with Gasteiger partial charge in [0, 0.05) is 12.3 Å². The fourth-order valence-electron chi connectivity index (χ4n) is 1.64. The molecule has 102 valence electrons. The lowest BCUT2D eigenvalue weighted by atomic mass is 10.3. The van der Waals surface area contributed by atoms with Crippen LogP contribution >= 0.6 is 35.0 Å². The second-order valence-corrected chi connectivity index (χ2v) is 6.26. The van der Waals surface area contributed by atoms with Gasteiger partial charge in [0.2, 0.25) is 0 Å². The number of carbonyl (C=O) groups excluding carboxylic acids is 1. The largest absolute Gasteiger partial charge is 0.340 e. The van der Waals surface area contributed by atoms with Gasteiger partial charge in [0.25, 0.3) is 0 Å². The lowest BCUT2D eigenvalue weighted by Gasteiger charge is -2.22. The Morgan fingerprint density at radius 1 is 1.47 bits per heavy atom. The van der Waals surface area contributed by atoms with Crippen molar-refractivity contribution in [1.82, 2.24) is 5.32 Å². The molecule has 1 N–H and O–H groups in total. The monoisotopic (exact) mass is 317 g/mol. The minimum Gasteiger partial charge on any atom is -0.340 e. The number of rotatable bonds is 1. The maximum atomic E-state index is 12.0. The predicted molar refractivity (Wildman–Crippen MR) is 82.8 cm³/mol. The van der Waals surface area contributed by atoms with Crippen molar-refractivity contribution in [3.8, 4) is 0 Å². The van der Waals surface area contributed by atoms with Crippen molar-refractivity contribution < 1.29 is 4.79 Å². The molecule has 1 atom stereocenters. The Balaban J connectivity index is 2.37. The SMILES string of the molecule is CNC(=O)N(C1=NC[C@@H](C)S1)c1ccc(Cl)c(Cl)c1. The molecule has 1 aromatic rings. The maximum Gasteiger partial charge on any atom is 0.327 e. The highest BCUT2D eigenvalue weighted by molar-refractivity contribution is 8.15. The second-order valence-electron chi connectivity index (χ2n) is 4.04. The molecule has 1 aliphatic rings. The molecular weight excluding hydrogens is 305 g/mol. The van der Waals surface area contributed by atoms with Gasteiger partial charge in [0.1, 0.15) is 0 Å². The highest BCUT2D eigenvalue weighted by atomic mass is 35.5. The highest BCUT2D eigenvalue weighted by Gasteiger charge is 2.27. The first-order chi connectivity index (χ1) is 9.02. The number of hydrogen-bond acceptors (Lipinski definition) is 3. The normalized spacial score (nSPS) is 18.1. The van der Waals surface area contributed by atoms with Crippen LogP contribution in [-0.2, 0) is 0 Å². The van der Waals surface area contributed by atoms with E-state index in [2.05, 4.69) is 17.2 Å². The summed E-state index contributed by atoms with van der Waals surface area (Å²) < 4.78 is 0. The molecule has 2 rings (SSSR count). The van der Waals surface area contributed by atoms with Gasteiger partial charge < -0.3 is 5.32 Å². The van der Waals surface area contributed by atoms with Crippen molar-refractivity contribution >= 4 is 51.8 Å². The third kappa shape index (κ3) is 3.16. The molecule has 0 fully saturated rings. The van der Waals surface area contributed by atoms with Crippen molar-refractivity contribution in [1.29, 1.82) is 0 Å². The summed E-state index contributed by atoms with van der Waals surface area (Å²) in [7, 11) is 1.58. The fraction of sp³-hybridized carbons (Fsp3) is 0.333. The Labute approximate surface area is 126 Å². The standard InChI is InChI=1S/C12H13Cl2N3OS/c1-7-6-16-12(19-7)17(11(18)15-2)8-3-4-9(13)10(14)5-8/h3-5,7H,6H2,1-2H3,(H,15,18)/t7-/m1/s1. The molecule has 1 aromatic carbocycles. The third-order valence-corrected chi connectivity index (χ3v) is 4.37. The first-order valence-electron chi connectivity index (χ1n) is 5.71. The van der Waals surface area contributed by atoms with Gasteiger partial charge in [-0.05, 0) is 18.2 Å². The number of halogens is 2. The molecule has 1 aliphatic heterocycles. The molecule has 7 heteroatoms. The lowest BCUT2D eigenvalue weighted by molar-refractivity contribution is 0.251. The maximum absolute atomic E-state index is 12.0. The van der Waals surface area contributed by atoms with Crippen LogP contribution in [0.5, 0.6) is 0 Å². The third-order valence-electron chi connectivity index (χ3n) is 2.56. The van der Waals surface area contributed by atoms with E-state index in [1.165, 1.54) is 4.90 Å². The van der Waals surface area contributed by atoms with E-state index in [-0.39, 0.29) is 6.03 Å². The number of thioether (sulfide) groups is 1. The van der Waals surface area contributed by atoms with Crippen LogP contribution < -0.4 is 10.2 Å². The van der Waals surface area contributed by atoms with E-state index in [4.69, 9.17) is 23.2 Å². The summed E-state index contributed by atoms with van der Waals surface area (Å²) in [6.45, 7) is 2.77. The number of anilines is 1. The number of nitrogens with zero attached hydrogens (tertiary/aromatic N) is 2. The Bertz CT molecular complexity index is 536. The molecule has 0 bridgehead atoms.